The maximum absolute atomic E-state index is 13.2. The summed E-state index contributed by atoms with van der Waals surface area (Å²) in [6.07, 6.45) is 0. The number of nitrogen functional groups attached to an aromatic ring is 1. The average Bonchev–Trinajstić information content (AvgIpc) is 2.31. The van der Waals surface area contributed by atoms with Crippen molar-refractivity contribution >= 4 is 31.5 Å². The van der Waals surface area contributed by atoms with Gasteiger partial charge in [0.05, 0.1) is 16.3 Å². The molecule has 0 unspecified atom stereocenters. The Kier molecular flexibility index (Phi) is 3.91. The van der Waals surface area contributed by atoms with Gasteiger partial charge in [-0.05, 0) is 35.9 Å². The van der Waals surface area contributed by atoms with E-state index in [-0.39, 0.29) is 16.3 Å². The molecule has 0 amide bonds. The highest BCUT2D eigenvalue weighted by atomic mass is 79.9. The van der Waals surface area contributed by atoms with Gasteiger partial charge in [-0.15, -0.1) is 0 Å². The minimum Gasteiger partial charge on any atom is -0.398 e. The summed E-state index contributed by atoms with van der Waals surface area (Å²) >= 11 is 3.27. The smallest absolute Gasteiger partial charge is 0.184 e. The molecule has 0 aliphatic rings. The number of anilines is 1. The predicted octanol–water partition coefficient (Wildman–Crippen LogP) is 3.14. The summed E-state index contributed by atoms with van der Waals surface area (Å²) in [6, 6.07) is 10.3. The summed E-state index contributed by atoms with van der Waals surface area (Å²) in [5, 5.41) is 0. The normalized spacial score (nSPS) is 11.5. The van der Waals surface area contributed by atoms with Crippen molar-refractivity contribution in [3.63, 3.8) is 0 Å². The van der Waals surface area contributed by atoms with Gasteiger partial charge in [-0.3, -0.25) is 0 Å². The van der Waals surface area contributed by atoms with Gasteiger partial charge >= 0.3 is 0 Å². The second-order valence-corrected chi connectivity index (χ2v) is 6.94. The molecule has 100 valence electrons. The first-order chi connectivity index (χ1) is 8.88. The zero-order valence-electron chi connectivity index (χ0n) is 9.81. The second kappa shape index (κ2) is 5.30. The van der Waals surface area contributed by atoms with Crippen molar-refractivity contribution in [3.8, 4) is 0 Å². The van der Waals surface area contributed by atoms with Crippen molar-refractivity contribution in [1.82, 2.24) is 0 Å². The highest BCUT2D eigenvalue weighted by Gasteiger charge is 2.19. The number of sulfone groups is 1. The highest BCUT2D eigenvalue weighted by molar-refractivity contribution is 9.10. The molecular weight excluding hydrogens is 333 g/mol. The zero-order valence-corrected chi connectivity index (χ0v) is 12.2. The van der Waals surface area contributed by atoms with Crippen LogP contribution in [-0.4, -0.2) is 8.42 Å². The van der Waals surface area contributed by atoms with Crippen molar-refractivity contribution in [2.75, 3.05) is 5.73 Å². The van der Waals surface area contributed by atoms with Crippen LogP contribution in [0, 0.1) is 5.82 Å². The third-order valence-corrected chi connectivity index (χ3v) is 4.79. The van der Waals surface area contributed by atoms with Crippen molar-refractivity contribution < 1.29 is 12.8 Å². The fraction of sp³-hybridized carbons (Fsp3) is 0.0769. The molecule has 2 aromatic rings. The molecule has 0 aliphatic heterocycles. The molecule has 0 saturated heterocycles. The van der Waals surface area contributed by atoms with E-state index in [0.717, 1.165) is 16.6 Å². The minimum atomic E-state index is -3.67. The Labute approximate surface area is 119 Å². The first-order valence-electron chi connectivity index (χ1n) is 5.41. The Balaban J connectivity index is 2.40. The lowest BCUT2D eigenvalue weighted by atomic mass is 10.2. The van der Waals surface area contributed by atoms with Gasteiger partial charge in [0.2, 0.25) is 0 Å². The summed E-state index contributed by atoms with van der Waals surface area (Å²) in [6.45, 7) is 0. The molecule has 0 atom stereocenters. The molecule has 0 saturated carbocycles. The van der Waals surface area contributed by atoms with Crippen LogP contribution in [0.2, 0.25) is 0 Å². The summed E-state index contributed by atoms with van der Waals surface area (Å²) in [7, 11) is -3.67. The molecule has 2 N–H and O–H groups in total. The molecular formula is C13H11BrFNO2S. The number of rotatable bonds is 3. The minimum absolute atomic E-state index is 0.0522. The van der Waals surface area contributed by atoms with Crippen molar-refractivity contribution in [2.45, 2.75) is 10.6 Å². The molecule has 3 nitrogen and oxygen atoms in total. The van der Waals surface area contributed by atoms with Crippen LogP contribution < -0.4 is 5.73 Å². The van der Waals surface area contributed by atoms with Crippen molar-refractivity contribution in [3.05, 3.63) is 58.3 Å². The summed E-state index contributed by atoms with van der Waals surface area (Å²) in [4.78, 5) is -0.174. The number of benzene rings is 2. The molecule has 2 aromatic carbocycles. The summed E-state index contributed by atoms with van der Waals surface area (Å²) in [5.41, 5.74) is 6.27. The van der Waals surface area contributed by atoms with E-state index in [1.165, 1.54) is 6.07 Å². The monoisotopic (exact) mass is 343 g/mol. The average molecular weight is 344 g/mol. The van der Waals surface area contributed by atoms with Crippen LogP contribution in [0.15, 0.2) is 51.8 Å². The van der Waals surface area contributed by atoms with Crippen LogP contribution in [0.25, 0.3) is 0 Å². The fourth-order valence-corrected chi connectivity index (χ4v) is 3.64. The van der Waals surface area contributed by atoms with Gasteiger partial charge in [0.15, 0.2) is 9.84 Å². The Morgan fingerprint density at radius 1 is 1.16 bits per heavy atom. The van der Waals surface area contributed by atoms with Gasteiger partial charge in [-0.25, -0.2) is 12.8 Å². The molecule has 0 bridgehead atoms. The van der Waals surface area contributed by atoms with Gasteiger partial charge in [-0.2, -0.15) is 0 Å². The van der Waals surface area contributed by atoms with Crippen LogP contribution in [-0.2, 0) is 15.6 Å². The molecule has 2 rings (SSSR count). The van der Waals surface area contributed by atoms with E-state index < -0.39 is 15.7 Å². The quantitative estimate of drug-likeness (QED) is 0.871. The first kappa shape index (κ1) is 14.0. The fourth-order valence-electron chi connectivity index (χ4n) is 1.70. The van der Waals surface area contributed by atoms with Gasteiger partial charge < -0.3 is 5.73 Å². The van der Waals surface area contributed by atoms with E-state index in [2.05, 4.69) is 15.9 Å². The topological polar surface area (TPSA) is 60.2 Å². The maximum atomic E-state index is 13.2. The SMILES string of the molecule is Nc1ccc(F)cc1S(=O)(=O)Cc1cccc(Br)c1. The Bertz CT molecular complexity index is 716. The molecule has 19 heavy (non-hydrogen) atoms. The molecule has 0 radical (unpaired) electrons. The standard InChI is InChI=1S/C13H11BrFNO2S/c14-10-3-1-2-9(6-10)8-19(17,18)13-7-11(15)4-5-12(13)16/h1-7H,8,16H2. The Morgan fingerprint density at radius 3 is 2.58 bits per heavy atom. The van der Waals surface area contributed by atoms with E-state index in [9.17, 15) is 12.8 Å². The third kappa shape index (κ3) is 3.33. The van der Waals surface area contributed by atoms with Gasteiger partial charge in [0, 0.05) is 4.47 Å². The van der Waals surface area contributed by atoms with E-state index in [4.69, 9.17) is 5.73 Å². The molecule has 0 spiro atoms. The lowest BCUT2D eigenvalue weighted by molar-refractivity contribution is 0.590. The zero-order chi connectivity index (χ0) is 14.0. The lowest BCUT2D eigenvalue weighted by Gasteiger charge is -2.08. The Hall–Kier alpha value is -1.40. The van der Waals surface area contributed by atoms with Gasteiger partial charge in [-0.1, -0.05) is 28.1 Å². The van der Waals surface area contributed by atoms with Crippen molar-refractivity contribution in [2.24, 2.45) is 0 Å². The van der Waals surface area contributed by atoms with Crippen LogP contribution in [0.5, 0.6) is 0 Å². The number of hydrogen-bond acceptors (Lipinski definition) is 3. The van der Waals surface area contributed by atoms with Crippen LogP contribution >= 0.6 is 15.9 Å². The second-order valence-electron chi connectivity index (χ2n) is 4.07. The summed E-state index contributed by atoms with van der Waals surface area (Å²) < 4.78 is 38.4. The molecule has 0 fully saturated rings. The largest absolute Gasteiger partial charge is 0.398 e. The maximum Gasteiger partial charge on any atom is 0.184 e. The number of nitrogens with two attached hydrogens (primary N) is 1. The third-order valence-electron chi connectivity index (χ3n) is 2.56. The molecule has 0 heterocycles. The van der Waals surface area contributed by atoms with Crippen LogP contribution in [0.3, 0.4) is 0 Å². The predicted molar refractivity (Wildman–Crippen MR) is 75.8 cm³/mol. The van der Waals surface area contributed by atoms with Crippen LogP contribution in [0.4, 0.5) is 10.1 Å². The summed E-state index contributed by atoms with van der Waals surface area (Å²) in [5.74, 6) is -0.845. The van der Waals surface area contributed by atoms with Crippen LogP contribution in [0.1, 0.15) is 5.56 Å². The molecule has 0 aliphatic carbocycles. The molecule has 0 aromatic heterocycles. The highest BCUT2D eigenvalue weighted by Crippen LogP contribution is 2.24. The van der Waals surface area contributed by atoms with Gasteiger partial charge in [0.1, 0.15) is 5.82 Å². The lowest BCUT2D eigenvalue weighted by Crippen LogP contribution is -2.08. The van der Waals surface area contributed by atoms with Crippen molar-refractivity contribution in [1.29, 1.82) is 0 Å². The van der Waals surface area contributed by atoms with E-state index in [1.54, 1.807) is 24.3 Å². The Morgan fingerprint density at radius 2 is 1.89 bits per heavy atom. The number of halogens is 2. The number of hydrogen-bond donors (Lipinski definition) is 1. The van der Waals surface area contributed by atoms with E-state index >= 15 is 0 Å². The van der Waals surface area contributed by atoms with E-state index in [0.29, 0.717) is 5.56 Å². The van der Waals surface area contributed by atoms with Gasteiger partial charge in [0.25, 0.3) is 0 Å². The first-order valence-corrected chi connectivity index (χ1v) is 7.85. The molecule has 6 heteroatoms. The van der Waals surface area contributed by atoms with E-state index in [1.807, 2.05) is 0 Å².